The number of benzene rings is 1. The number of aromatic nitrogens is 4. The number of aryl methyl sites for hydroxylation is 1. The minimum Gasteiger partial charge on any atom is -0.383 e. The summed E-state index contributed by atoms with van der Waals surface area (Å²) in [6, 6.07) is 10.6. The van der Waals surface area contributed by atoms with Gasteiger partial charge in [-0.3, -0.25) is 4.68 Å². The van der Waals surface area contributed by atoms with Gasteiger partial charge in [0.25, 0.3) is 0 Å². The third-order valence-corrected chi connectivity index (χ3v) is 4.48. The molecule has 1 aliphatic heterocycles. The number of rotatable bonds is 3. The highest BCUT2D eigenvalue weighted by Crippen LogP contribution is 2.27. The largest absolute Gasteiger partial charge is 0.383 e. The highest BCUT2D eigenvalue weighted by atomic mass is 15.3. The van der Waals surface area contributed by atoms with Crippen LogP contribution in [-0.4, -0.2) is 32.3 Å². The summed E-state index contributed by atoms with van der Waals surface area (Å²) in [4.78, 5) is 11.4. The summed E-state index contributed by atoms with van der Waals surface area (Å²) < 4.78 is 1.74. The van der Waals surface area contributed by atoms with Crippen LogP contribution in [0.25, 0.3) is 17.1 Å². The van der Waals surface area contributed by atoms with Crippen molar-refractivity contribution in [1.29, 1.82) is 0 Å². The first-order chi connectivity index (χ1) is 11.7. The minimum atomic E-state index is 0.287. The third-order valence-electron chi connectivity index (χ3n) is 4.48. The van der Waals surface area contributed by atoms with E-state index in [2.05, 4.69) is 44.3 Å². The van der Waals surface area contributed by atoms with E-state index in [4.69, 9.17) is 5.73 Å². The molecule has 1 aliphatic rings. The maximum Gasteiger partial charge on any atom is 0.229 e. The quantitative estimate of drug-likeness (QED) is 0.803. The van der Waals surface area contributed by atoms with Crippen molar-refractivity contribution in [3.63, 3.8) is 0 Å². The normalized spacial score (nSPS) is 18.0. The smallest absolute Gasteiger partial charge is 0.229 e. The Balaban J connectivity index is 1.65. The maximum absolute atomic E-state index is 6.10. The predicted molar refractivity (Wildman–Crippen MR) is 96.6 cm³/mol. The zero-order valence-electron chi connectivity index (χ0n) is 13.6. The van der Waals surface area contributed by atoms with E-state index in [0.717, 1.165) is 30.4 Å². The van der Waals surface area contributed by atoms with E-state index >= 15 is 0 Å². The molecule has 0 saturated carbocycles. The Hall–Kier alpha value is -2.89. The summed E-state index contributed by atoms with van der Waals surface area (Å²) in [5, 5.41) is 5.02. The molecule has 1 unspecified atom stereocenters. The van der Waals surface area contributed by atoms with E-state index in [0.29, 0.717) is 11.8 Å². The summed E-state index contributed by atoms with van der Waals surface area (Å²) in [6.07, 6.45) is 8.32. The molecule has 122 valence electrons. The van der Waals surface area contributed by atoms with Crippen LogP contribution in [0.2, 0.25) is 0 Å². The van der Waals surface area contributed by atoms with Crippen molar-refractivity contribution in [2.45, 2.75) is 18.9 Å². The SMILES string of the molecule is Cn1ncc2c(N)nc(N3CCCC3C=Cc3ccccc3)nc21. The van der Waals surface area contributed by atoms with Crippen LogP contribution >= 0.6 is 0 Å². The summed E-state index contributed by atoms with van der Waals surface area (Å²) in [7, 11) is 1.87. The van der Waals surface area contributed by atoms with Crippen molar-refractivity contribution < 1.29 is 0 Å². The van der Waals surface area contributed by atoms with Crippen molar-refractivity contribution in [2.75, 3.05) is 17.2 Å². The lowest BCUT2D eigenvalue weighted by Crippen LogP contribution is -2.29. The minimum absolute atomic E-state index is 0.287. The molecule has 0 radical (unpaired) electrons. The van der Waals surface area contributed by atoms with Gasteiger partial charge >= 0.3 is 0 Å². The second kappa shape index (κ2) is 5.96. The zero-order valence-corrected chi connectivity index (χ0v) is 13.6. The first-order valence-electron chi connectivity index (χ1n) is 8.17. The Morgan fingerprint density at radius 2 is 2.04 bits per heavy atom. The molecule has 3 aromatic rings. The van der Waals surface area contributed by atoms with Crippen LogP contribution in [-0.2, 0) is 7.05 Å². The van der Waals surface area contributed by atoms with Gasteiger partial charge in [-0.15, -0.1) is 0 Å². The molecule has 24 heavy (non-hydrogen) atoms. The highest BCUT2D eigenvalue weighted by molar-refractivity contribution is 5.86. The number of nitrogens with zero attached hydrogens (tertiary/aromatic N) is 5. The lowest BCUT2D eigenvalue weighted by atomic mass is 10.1. The van der Waals surface area contributed by atoms with Gasteiger partial charge in [0, 0.05) is 13.6 Å². The van der Waals surface area contributed by atoms with Crippen molar-refractivity contribution in [2.24, 2.45) is 7.05 Å². The van der Waals surface area contributed by atoms with Crippen LogP contribution in [0, 0.1) is 0 Å². The summed E-state index contributed by atoms with van der Waals surface area (Å²) in [5.41, 5.74) is 8.07. The molecular weight excluding hydrogens is 300 g/mol. The monoisotopic (exact) mass is 320 g/mol. The molecule has 1 atom stereocenters. The van der Waals surface area contributed by atoms with E-state index in [1.165, 1.54) is 5.56 Å². The van der Waals surface area contributed by atoms with Crippen molar-refractivity contribution in [3.8, 4) is 0 Å². The molecule has 6 heteroatoms. The fourth-order valence-electron chi connectivity index (χ4n) is 3.19. The number of nitrogen functional groups attached to an aromatic ring is 1. The van der Waals surface area contributed by atoms with Crippen LogP contribution in [0.3, 0.4) is 0 Å². The number of hydrogen-bond donors (Lipinski definition) is 1. The van der Waals surface area contributed by atoms with E-state index < -0.39 is 0 Å². The summed E-state index contributed by atoms with van der Waals surface area (Å²) in [5.74, 6) is 1.17. The number of anilines is 2. The second-order valence-electron chi connectivity index (χ2n) is 6.09. The van der Waals surface area contributed by atoms with Crippen molar-refractivity contribution >= 4 is 28.9 Å². The van der Waals surface area contributed by atoms with Crippen LogP contribution in [0.1, 0.15) is 18.4 Å². The first-order valence-corrected chi connectivity index (χ1v) is 8.17. The number of hydrogen-bond acceptors (Lipinski definition) is 5. The van der Waals surface area contributed by atoms with Gasteiger partial charge in [-0.1, -0.05) is 42.5 Å². The van der Waals surface area contributed by atoms with Gasteiger partial charge in [-0.2, -0.15) is 15.1 Å². The van der Waals surface area contributed by atoms with Crippen LogP contribution in [0.15, 0.2) is 42.6 Å². The molecule has 0 aliphatic carbocycles. The highest BCUT2D eigenvalue weighted by Gasteiger charge is 2.25. The number of nitrogens with two attached hydrogens (primary N) is 1. The zero-order chi connectivity index (χ0) is 16.5. The third kappa shape index (κ3) is 2.60. The van der Waals surface area contributed by atoms with E-state index in [1.807, 2.05) is 25.2 Å². The molecule has 2 N–H and O–H groups in total. The van der Waals surface area contributed by atoms with E-state index in [1.54, 1.807) is 10.9 Å². The van der Waals surface area contributed by atoms with Gasteiger partial charge in [-0.25, -0.2) is 0 Å². The molecule has 0 spiro atoms. The lowest BCUT2D eigenvalue weighted by molar-refractivity contribution is 0.767. The lowest BCUT2D eigenvalue weighted by Gasteiger charge is -2.22. The van der Waals surface area contributed by atoms with Gasteiger partial charge in [0.05, 0.1) is 17.6 Å². The van der Waals surface area contributed by atoms with E-state index in [-0.39, 0.29) is 6.04 Å². The molecule has 3 heterocycles. The van der Waals surface area contributed by atoms with Crippen LogP contribution in [0.4, 0.5) is 11.8 Å². The van der Waals surface area contributed by atoms with Crippen molar-refractivity contribution in [1.82, 2.24) is 19.7 Å². The molecule has 1 saturated heterocycles. The molecule has 4 rings (SSSR count). The molecule has 2 aromatic heterocycles. The fourth-order valence-corrected chi connectivity index (χ4v) is 3.19. The van der Waals surface area contributed by atoms with E-state index in [9.17, 15) is 0 Å². The van der Waals surface area contributed by atoms with Gasteiger partial charge in [0.1, 0.15) is 5.82 Å². The molecule has 0 bridgehead atoms. The fraction of sp³-hybridized carbons (Fsp3) is 0.278. The van der Waals surface area contributed by atoms with Gasteiger partial charge in [-0.05, 0) is 18.4 Å². The Labute approximate surface area is 140 Å². The Kier molecular flexibility index (Phi) is 3.65. The second-order valence-corrected chi connectivity index (χ2v) is 6.09. The molecule has 6 nitrogen and oxygen atoms in total. The number of fused-ring (bicyclic) bond motifs is 1. The van der Waals surface area contributed by atoms with Gasteiger partial charge < -0.3 is 10.6 Å². The molecular formula is C18H20N6. The Bertz CT molecular complexity index is 883. The summed E-state index contributed by atoms with van der Waals surface area (Å²) >= 11 is 0. The Morgan fingerprint density at radius 1 is 1.21 bits per heavy atom. The predicted octanol–water partition coefficient (Wildman–Crippen LogP) is 2.63. The average molecular weight is 320 g/mol. The maximum atomic E-state index is 6.10. The van der Waals surface area contributed by atoms with Crippen LogP contribution in [0.5, 0.6) is 0 Å². The average Bonchev–Trinajstić information content (AvgIpc) is 3.21. The Morgan fingerprint density at radius 3 is 2.88 bits per heavy atom. The molecule has 0 amide bonds. The van der Waals surface area contributed by atoms with Crippen LogP contribution < -0.4 is 10.6 Å². The van der Waals surface area contributed by atoms with Crippen molar-refractivity contribution in [3.05, 3.63) is 48.2 Å². The molecule has 1 aromatic carbocycles. The van der Waals surface area contributed by atoms with Gasteiger partial charge in [0.2, 0.25) is 5.95 Å². The standard InChI is InChI=1S/C18H20N6/c1-23-17-15(12-20-23)16(19)21-18(22-17)24-11-5-8-14(24)10-9-13-6-3-2-4-7-13/h2-4,6-7,9-10,12,14H,5,8,11H2,1H3,(H2,19,21,22). The first kappa shape index (κ1) is 14.7. The van der Waals surface area contributed by atoms with Gasteiger partial charge in [0.15, 0.2) is 5.65 Å². The summed E-state index contributed by atoms with van der Waals surface area (Å²) in [6.45, 7) is 0.937. The topological polar surface area (TPSA) is 72.9 Å². The molecule has 1 fully saturated rings.